The first-order chi connectivity index (χ1) is 5.61. The lowest BCUT2D eigenvalue weighted by molar-refractivity contribution is -0.137. The van der Waals surface area contributed by atoms with Crippen molar-refractivity contribution in [2.45, 2.75) is 27.2 Å². The summed E-state index contributed by atoms with van der Waals surface area (Å²) in [6, 6.07) is 0. The average molecular weight is 168 g/mol. The summed E-state index contributed by atoms with van der Waals surface area (Å²) in [6.45, 7) is 9.84. The molecule has 0 saturated carbocycles. The van der Waals surface area contributed by atoms with Gasteiger partial charge in [0, 0.05) is 6.08 Å². The Morgan fingerprint density at radius 3 is 2.42 bits per heavy atom. The Balaban J connectivity index is 4.28. The fourth-order valence-electron chi connectivity index (χ4n) is 0.853. The van der Waals surface area contributed by atoms with Crippen LogP contribution in [0.2, 0.25) is 0 Å². The molecule has 0 aromatic rings. The number of rotatable bonds is 4. The van der Waals surface area contributed by atoms with Crippen molar-refractivity contribution in [3.05, 3.63) is 23.8 Å². The Morgan fingerprint density at radius 1 is 1.50 bits per heavy atom. The topological polar surface area (TPSA) is 26.3 Å². The molecule has 0 aliphatic heterocycles. The SMILES string of the molecule is C=C(C)/C(=C\C(=O)OCC)CC. The molecule has 0 heterocycles. The van der Waals surface area contributed by atoms with Gasteiger partial charge in [0.05, 0.1) is 6.61 Å². The van der Waals surface area contributed by atoms with Gasteiger partial charge in [-0.1, -0.05) is 19.1 Å². The minimum absolute atomic E-state index is 0.280. The number of allylic oxidation sites excluding steroid dienone is 2. The Hall–Kier alpha value is -1.05. The third kappa shape index (κ3) is 3.96. The largest absolute Gasteiger partial charge is 0.463 e. The van der Waals surface area contributed by atoms with Gasteiger partial charge in [-0.05, 0) is 25.8 Å². The first kappa shape index (κ1) is 11.0. The first-order valence-electron chi connectivity index (χ1n) is 4.15. The fourth-order valence-corrected chi connectivity index (χ4v) is 0.853. The molecule has 0 aliphatic rings. The zero-order valence-corrected chi connectivity index (χ0v) is 8.02. The maximum Gasteiger partial charge on any atom is 0.331 e. The molecule has 0 unspecified atom stereocenters. The summed E-state index contributed by atoms with van der Waals surface area (Å²) in [5, 5.41) is 0. The highest BCUT2D eigenvalue weighted by molar-refractivity contribution is 5.83. The molecule has 0 atom stereocenters. The smallest absolute Gasteiger partial charge is 0.331 e. The van der Waals surface area contributed by atoms with Crippen LogP contribution in [-0.2, 0) is 9.53 Å². The van der Waals surface area contributed by atoms with Crippen LogP contribution in [0.25, 0.3) is 0 Å². The quantitative estimate of drug-likeness (QED) is 0.366. The molecule has 12 heavy (non-hydrogen) atoms. The van der Waals surface area contributed by atoms with Crippen LogP contribution in [0.15, 0.2) is 23.8 Å². The van der Waals surface area contributed by atoms with Gasteiger partial charge < -0.3 is 4.74 Å². The van der Waals surface area contributed by atoms with Crippen molar-refractivity contribution in [1.82, 2.24) is 0 Å². The van der Waals surface area contributed by atoms with E-state index >= 15 is 0 Å². The van der Waals surface area contributed by atoms with E-state index in [2.05, 4.69) is 6.58 Å². The molecule has 0 aliphatic carbocycles. The predicted octanol–water partition coefficient (Wildman–Crippen LogP) is 2.46. The lowest BCUT2D eigenvalue weighted by Crippen LogP contribution is -2.01. The highest BCUT2D eigenvalue weighted by atomic mass is 16.5. The van der Waals surface area contributed by atoms with Crippen LogP contribution in [0.4, 0.5) is 0 Å². The molecular weight excluding hydrogens is 152 g/mol. The van der Waals surface area contributed by atoms with E-state index < -0.39 is 0 Å². The summed E-state index contributed by atoms with van der Waals surface area (Å²) in [7, 11) is 0. The fraction of sp³-hybridized carbons (Fsp3) is 0.500. The molecule has 0 spiro atoms. The van der Waals surface area contributed by atoms with Gasteiger partial charge in [-0.3, -0.25) is 0 Å². The van der Waals surface area contributed by atoms with E-state index in [1.807, 2.05) is 13.8 Å². The Labute approximate surface area is 73.9 Å². The molecule has 0 bridgehead atoms. The maximum atomic E-state index is 11.0. The summed E-state index contributed by atoms with van der Waals surface area (Å²) < 4.78 is 4.77. The third-order valence-corrected chi connectivity index (χ3v) is 1.51. The highest BCUT2D eigenvalue weighted by Gasteiger charge is 2.00. The molecule has 2 nitrogen and oxygen atoms in total. The molecule has 0 fully saturated rings. The molecule has 0 amide bonds. The number of ether oxygens (including phenoxy) is 1. The molecule has 0 radical (unpaired) electrons. The Kier molecular flexibility index (Phi) is 5.09. The van der Waals surface area contributed by atoms with Gasteiger partial charge in [-0.25, -0.2) is 4.79 Å². The van der Waals surface area contributed by atoms with Crippen molar-refractivity contribution in [3.8, 4) is 0 Å². The van der Waals surface area contributed by atoms with Crippen LogP contribution in [-0.4, -0.2) is 12.6 Å². The monoisotopic (exact) mass is 168 g/mol. The average Bonchev–Trinajstić information content (AvgIpc) is 2.00. The number of carbonyl (C=O) groups excluding carboxylic acids is 1. The zero-order chi connectivity index (χ0) is 9.56. The van der Waals surface area contributed by atoms with Crippen LogP contribution >= 0.6 is 0 Å². The van der Waals surface area contributed by atoms with Crippen LogP contribution in [0.1, 0.15) is 27.2 Å². The van der Waals surface area contributed by atoms with Crippen molar-refractivity contribution in [1.29, 1.82) is 0 Å². The molecule has 68 valence electrons. The van der Waals surface area contributed by atoms with E-state index in [1.165, 1.54) is 6.08 Å². The van der Waals surface area contributed by atoms with Crippen molar-refractivity contribution in [2.75, 3.05) is 6.61 Å². The molecule has 0 N–H and O–H groups in total. The van der Waals surface area contributed by atoms with Gasteiger partial charge in [0.1, 0.15) is 0 Å². The van der Waals surface area contributed by atoms with Crippen LogP contribution < -0.4 is 0 Å². The number of hydrogen-bond acceptors (Lipinski definition) is 2. The van der Waals surface area contributed by atoms with Gasteiger partial charge in [0.15, 0.2) is 0 Å². The van der Waals surface area contributed by atoms with E-state index in [0.29, 0.717) is 6.61 Å². The highest BCUT2D eigenvalue weighted by Crippen LogP contribution is 2.10. The van der Waals surface area contributed by atoms with Gasteiger partial charge in [0.25, 0.3) is 0 Å². The number of esters is 1. The molecule has 0 aromatic carbocycles. The van der Waals surface area contributed by atoms with Gasteiger partial charge in [0.2, 0.25) is 0 Å². The number of hydrogen-bond donors (Lipinski definition) is 0. The first-order valence-corrected chi connectivity index (χ1v) is 4.15. The molecule has 2 heteroatoms. The normalized spacial score (nSPS) is 11.1. The zero-order valence-electron chi connectivity index (χ0n) is 8.02. The number of carbonyl (C=O) groups is 1. The summed E-state index contributed by atoms with van der Waals surface area (Å²) in [5.41, 5.74) is 1.87. The second-order valence-corrected chi connectivity index (χ2v) is 2.56. The van der Waals surface area contributed by atoms with Crippen molar-refractivity contribution in [3.63, 3.8) is 0 Å². The summed E-state index contributed by atoms with van der Waals surface area (Å²) in [5.74, 6) is -0.280. The molecule has 0 saturated heterocycles. The third-order valence-electron chi connectivity index (χ3n) is 1.51. The summed E-state index contributed by atoms with van der Waals surface area (Å²) in [6.07, 6.45) is 2.32. The summed E-state index contributed by atoms with van der Waals surface area (Å²) >= 11 is 0. The van der Waals surface area contributed by atoms with Crippen molar-refractivity contribution >= 4 is 5.97 Å². The lowest BCUT2D eigenvalue weighted by atomic mass is 10.1. The second kappa shape index (κ2) is 5.58. The second-order valence-electron chi connectivity index (χ2n) is 2.56. The standard InChI is InChI=1S/C10H16O2/c1-5-9(8(3)4)7-10(11)12-6-2/h7H,3,5-6H2,1-2,4H3/b9-7-. The Bertz CT molecular complexity index is 202. The molecule has 0 aromatic heterocycles. The van der Waals surface area contributed by atoms with Gasteiger partial charge in [-0.15, -0.1) is 0 Å². The van der Waals surface area contributed by atoms with E-state index in [1.54, 1.807) is 6.92 Å². The molecule has 0 rings (SSSR count). The predicted molar refractivity (Wildman–Crippen MR) is 49.8 cm³/mol. The van der Waals surface area contributed by atoms with Crippen LogP contribution in [0, 0.1) is 0 Å². The van der Waals surface area contributed by atoms with E-state index in [4.69, 9.17) is 4.74 Å². The summed E-state index contributed by atoms with van der Waals surface area (Å²) in [4.78, 5) is 11.0. The van der Waals surface area contributed by atoms with E-state index in [-0.39, 0.29) is 5.97 Å². The van der Waals surface area contributed by atoms with Crippen LogP contribution in [0.5, 0.6) is 0 Å². The maximum absolute atomic E-state index is 11.0. The van der Waals surface area contributed by atoms with Crippen molar-refractivity contribution in [2.24, 2.45) is 0 Å². The minimum atomic E-state index is -0.280. The Morgan fingerprint density at radius 2 is 2.08 bits per heavy atom. The van der Waals surface area contributed by atoms with Crippen molar-refractivity contribution < 1.29 is 9.53 Å². The van der Waals surface area contributed by atoms with E-state index in [9.17, 15) is 4.79 Å². The molecular formula is C10H16O2. The van der Waals surface area contributed by atoms with Gasteiger partial charge in [-0.2, -0.15) is 0 Å². The lowest BCUT2D eigenvalue weighted by Gasteiger charge is -2.02. The van der Waals surface area contributed by atoms with E-state index in [0.717, 1.165) is 17.6 Å². The van der Waals surface area contributed by atoms with Gasteiger partial charge >= 0.3 is 5.97 Å². The van der Waals surface area contributed by atoms with Crippen LogP contribution in [0.3, 0.4) is 0 Å². The minimum Gasteiger partial charge on any atom is -0.463 e.